The molecule has 4 aliphatic rings. The van der Waals surface area contributed by atoms with Gasteiger partial charge in [-0.3, -0.25) is 19.9 Å². The van der Waals surface area contributed by atoms with Gasteiger partial charge in [-0.1, -0.05) is 19.3 Å². The van der Waals surface area contributed by atoms with Crippen molar-refractivity contribution >= 4 is 17.6 Å². The molecule has 0 radical (unpaired) electrons. The topological polar surface area (TPSA) is 125 Å². The third-order valence-corrected chi connectivity index (χ3v) is 9.58. The summed E-state index contributed by atoms with van der Waals surface area (Å²) < 4.78 is 0. The number of amidine groups is 1. The molecule has 6 N–H and O–H groups in total. The van der Waals surface area contributed by atoms with Crippen molar-refractivity contribution in [1.82, 2.24) is 10.2 Å². The first-order valence-electron chi connectivity index (χ1n) is 13.5. The smallest absolute Gasteiger partial charge is 0.237 e. The molecular formula is C26H45N5O2. The number of fused-ring (bicyclic) bond motifs is 1. The van der Waals surface area contributed by atoms with Crippen molar-refractivity contribution in [3.8, 4) is 0 Å². The number of hydrogen-bond donors (Lipinski definition) is 4. The van der Waals surface area contributed by atoms with E-state index in [4.69, 9.17) is 16.9 Å². The van der Waals surface area contributed by atoms with Crippen molar-refractivity contribution in [3.63, 3.8) is 0 Å². The molecule has 0 bridgehead atoms. The summed E-state index contributed by atoms with van der Waals surface area (Å²) in [6, 6.07) is 0.519. The van der Waals surface area contributed by atoms with Crippen LogP contribution in [-0.4, -0.2) is 47.2 Å². The van der Waals surface area contributed by atoms with E-state index in [1.807, 2.05) is 0 Å². The zero-order chi connectivity index (χ0) is 23.5. The first-order chi connectivity index (χ1) is 15.8. The molecule has 1 aliphatic heterocycles. The molecule has 7 nitrogen and oxygen atoms in total. The molecular weight excluding hydrogens is 414 g/mol. The van der Waals surface area contributed by atoms with E-state index in [1.165, 1.54) is 32.1 Å². The van der Waals surface area contributed by atoms with Crippen LogP contribution in [-0.2, 0) is 9.59 Å². The van der Waals surface area contributed by atoms with Crippen LogP contribution < -0.4 is 16.8 Å². The summed E-state index contributed by atoms with van der Waals surface area (Å²) in [6.07, 6.45) is 13.9. The van der Waals surface area contributed by atoms with Gasteiger partial charge in [-0.15, -0.1) is 0 Å². The lowest BCUT2D eigenvalue weighted by atomic mass is 9.76. The monoisotopic (exact) mass is 459 g/mol. The molecule has 0 aromatic rings. The number of carbonyl (C=O) groups excluding carboxylic acids is 2. The molecule has 4 rings (SSSR count). The highest BCUT2D eigenvalue weighted by Gasteiger charge is 2.50. The second kappa shape index (κ2) is 10.7. The summed E-state index contributed by atoms with van der Waals surface area (Å²) in [5.74, 6) is 2.09. The van der Waals surface area contributed by atoms with E-state index in [9.17, 15) is 9.59 Å². The summed E-state index contributed by atoms with van der Waals surface area (Å²) >= 11 is 0. The molecule has 186 valence electrons. The fourth-order valence-electron chi connectivity index (χ4n) is 7.48. The Hall–Kier alpha value is -1.63. The molecule has 0 aromatic heterocycles. The minimum Gasteiger partial charge on any atom is -0.387 e. The lowest BCUT2D eigenvalue weighted by molar-refractivity contribution is -0.127. The molecule has 0 spiro atoms. The van der Waals surface area contributed by atoms with Gasteiger partial charge in [-0.25, -0.2) is 0 Å². The molecule has 5 atom stereocenters. The van der Waals surface area contributed by atoms with E-state index in [2.05, 4.69) is 17.1 Å². The predicted molar refractivity (Wildman–Crippen MR) is 130 cm³/mol. The van der Waals surface area contributed by atoms with Gasteiger partial charge in [0.25, 0.3) is 0 Å². The summed E-state index contributed by atoms with van der Waals surface area (Å²) in [7, 11) is 0. The van der Waals surface area contributed by atoms with Gasteiger partial charge in [0, 0.05) is 30.5 Å². The Bertz CT molecular complexity index is 713. The van der Waals surface area contributed by atoms with Crippen molar-refractivity contribution in [3.05, 3.63) is 0 Å². The van der Waals surface area contributed by atoms with Crippen molar-refractivity contribution in [2.75, 3.05) is 6.54 Å². The first-order valence-corrected chi connectivity index (χ1v) is 13.5. The van der Waals surface area contributed by atoms with Crippen molar-refractivity contribution in [1.29, 1.82) is 5.41 Å². The second-order valence-corrected chi connectivity index (χ2v) is 11.5. The number of nitrogens with one attached hydrogen (secondary N) is 2. The van der Waals surface area contributed by atoms with Gasteiger partial charge in [0.2, 0.25) is 11.8 Å². The van der Waals surface area contributed by atoms with Crippen molar-refractivity contribution < 1.29 is 9.59 Å². The number of carbonyl (C=O) groups is 2. The lowest BCUT2D eigenvalue weighted by Gasteiger charge is -2.44. The zero-order valence-electron chi connectivity index (χ0n) is 20.4. The molecule has 0 aromatic carbocycles. The number of primary amides is 1. The maximum Gasteiger partial charge on any atom is 0.237 e. The SMILES string of the molecule is C[C@@H](C1CCC(C(N)=O)CC1)N1C(C(=O)NCC2CCCCC2)CC2CCC(C(=N)N)CC21. The van der Waals surface area contributed by atoms with Gasteiger partial charge in [-0.05, 0) is 88.9 Å². The third kappa shape index (κ3) is 5.55. The van der Waals surface area contributed by atoms with E-state index in [-0.39, 0.29) is 35.7 Å². The van der Waals surface area contributed by atoms with Crippen LogP contribution in [0.4, 0.5) is 0 Å². The van der Waals surface area contributed by atoms with Crippen LogP contribution in [0.15, 0.2) is 0 Å². The van der Waals surface area contributed by atoms with Gasteiger partial charge in [-0.2, -0.15) is 0 Å². The Morgan fingerprint density at radius 2 is 1.61 bits per heavy atom. The number of nitrogens with two attached hydrogens (primary N) is 2. The second-order valence-electron chi connectivity index (χ2n) is 11.5. The molecule has 4 unspecified atom stereocenters. The predicted octanol–water partition coefficient (Wildman–Crippen LogP) is 3.16. The highest BCUT2D eigenvalue weighted by Crippen LogP contribution is 2.45. The minimum absolute atomic E-state index is 0.00568. The van der Waals surface area contributed by atoms with Crippen LogP contribution in [0.3, 0.4) is 0 Å². The van der Waals surface area contributed by atoms with Crippen LogP contribution in [0.1, 0.15) is 90.4 Å². The molecule has 4 fully saturated rings. The normalized spacial score (nSPS) is 36.6. The van der Waals surface area contributed by atoms with E-state index >= 15 is 0 Å². The fourth-order valence-corrected chi connectivity index (χ4v) is 7.48. The maximum atomic E-state index is 13.5. The number of amides is 2. The third-order valence-electron chi connectivity index (χ3n) is 9.58. The average Bonchev–Trinajstić information content (AvgIpc) is 3.21. The van der Waals surface area contributed by atoms with Gasteiger partial charge >= 0.3 is 0 Å². The van der Waals surface area contributed by atoms with Gasteiger partial charge in [0.05, 0.1) is 11.9 Å². The first kappa shape index (κ1) is 24.5. The molecule has 7 heteroatoms. The summed E-state index contributed by atoms with van der Waals surface area (Å²) in [5, 5.41) is 11.4. The summed E-state index contributed by atoms with van der Waals surface area (Å²) in [6.45, 7) is 3.10. The average molecular weight is 460 g/mol. The van der Waals surface area contributed by atoms with E-state index in [0.29, 0.717) is 29.6 Å². The lowest BCUT2D eigenvalue weighted by Crippen LogP contribution is -2.54. The Morgan fingerprint density at radius 3 is 2.24 bits per heavy atom. The van der Waals surface area contributed by atoms with Gasteiger partial charge in [0.1, 0.15) is 0 Å². The molecule has 3 saturated carbocycles. The highest BCUT2D eigenvalue weighted by atomic mass is 16.2. The number of hydrogen-bond acceptors (Lipinski definition) is 4. The van der Waals surface area contributed by atoms with Crippen LogP contribution >= 0.6 is 0 Å². The molecule has 1 heterocycles. The van der Waals surface area contributed by atoms with Gasteiger partial charge < -0.3 is 16.8 Å². The van der Waals surface area contributed by atoms with Crippen LogP contribution in [0.2, 0.25) is 0 Å². The van der Waals surface area contributed by atoms with Crippen LogP contribution in [0, 0.1) is 35.0 Å². The van der Waals surface area contributed by atoms with Crippen molar-refractivity contribution in [2.45, 2.75) is 109 Å². The van der Waals surface area contributed by atoms with Crippen LogP contribution in [0.5, 0.6) is 0 Å². The van der Waals surface area contributed by atoms with E-state index in [1.54, 1.807) is 0 Å². The zero-order valence-corrected chi connectivity index (χ0v) is 20.4. The van der Waals surface area contributed by atoms with E-state index < -0.39 is 0 Å². The minimum atomic E-state index is -0.168. The van der Waals surface area contributed by atoms with Crippen LogP contribution in [0.25, 0.3) is 0 Å². The number of likely N-dealkylation sites (tertiary alicyclic amines) is 1. The molecule has 33 heavy (non-hydrogen) atoms. The fraction of sp³-hybridized carbons (Fsp3) is 0.885. The highest BCUT2D eigenvalue weighted by molar-refractivity contribution is 5.82. The van der Waals surface area contributed by atoms with E-state index in [0.717, 1.165) is 57.9 Å². The maximum absolute atomic E-state index is 13.5. The standard InChI is InChI=1S/C26H45N5O2/c1-16(18-7-9-19(10-8-18)25(29)32)31-22-14-21(24(27)28)12-11-20(22)13-23(31)26(33)30-15-17-5-3-2-4-6-17/h16-23H,2-15H2,1H3,(H3,27,28)(H2,29,32)(H,30,33)/t16-,18?,19?,20?,21?,22?,23?/m0/s1. The Balaban J connectivity index is 1.46. The summed E-state index contributed by atoms with van der Waals surface area (Å²) in [5.41, 5.74) is 11.5. The molecule has 3 aliphatic carbocycles. The van der Waals surface area contributed by atoms with Crippen molar-refractivity contribution in [2.24, 2.45) is 41.1 Å². The Labute approximate surface area is 199 Å². The number of nitrogens with zero attached hydrogens (tertiary/aromatic N) is 1. The number of rotatable bonds is 7. The largest absolute Gasteiger partial charge is 0.387 e. The molecule has 2 amide bonds. The molecule has 1 saturated heterocycles. The Kier molecular flexibility index (Phi) is 7.98. The quantitative estimate of drug-likeness (QED) is 0.345. The summed E-state index contributed by atoms with van der Waals surface area (Å²) in [4.78, 5) is 27.7. The Morgan fingerprint density at radius 1 is 0.939 bits per heavy atom. The van der Waals surface area contributed by atoms with Gasteiger partial charge in [0.15, 0.2) is 0 Å².